The Morgan fingerprint density at radius 3 is 2.79 bits per heavy atom. The molecule has 2 N–H and O–H groups in total. The molecule has 0 fully saturated rings. The maximum atomic E-state index is 12.2. The van der Waals surface area contributed by atoms with Gasteiger partial charge in [0.25, 0.3) is 0 Å². The number of benzene rings is 2. The standard InChI is InChI=1S/C19H20N2O5S3/c1-24-14-6-3-2-5-12(14)18(29(20,22)23)7-4-8-27-19-21-13-9-15-16(26-11-25-15)10-17(13)28-19/h2-3,5-6,9-10,18H,4,7-8,11H2,1H3,(H2,20,22,23). The van der Waals surface area contributed by atoms with Gasteiger partial charge in [-0.3, -0.25) is 0 Å². The Morgan fingerprint density at radius 2 is 2.03 bits per heavy atom. The highest BCUT2D eigenvalue weighted by molar-refractivity contribution is 8.01. The maximum Gasteiger partial charge on any atom is 0.231 e. The zero-order chi connectivity index (χ0) is 20.4. The zero-order valence-electron chi connectivity index (χ0n) is 15.7. The minimum absolute atomic E-state index is 0.242. The van der Waals surface area contributed by atoms with Crippen LogP contribution < -0.4 is 19.3 Å². The quantitative estimate of drug-likeness (QED) is 0.408. The van der Waals surface area contributed by atoms with Gasteiger partial charge in [-0.05, 0) is 18.9 Å². The van der Waals surface area contributed by atoms with Crippen molar-refractivity contribution in [1.29, 1.82) is 0 Å². The Labute approximate surface area is 177 Å². The van der Waals surface area contributed by atoms with Gasteiger partial charge >= 0.3 is 0 Å². The molecule has 7 nitrogen and oxygen atoms in total. The van der Waals surface area contributed by atoms with Gasteiger partial charge < -0.3 is 14.2 Å². The van der Waals surface area contributed by atoms with Crippen molar-refractivity contribution in [3.05, 3.63) is 42.0 Å². The number of rotatable bonds is 8. The molecule has 4 rings (SSSR count). The van der Waals surface area contributed by atoms with Crippen LogP contribution >= 0.6 is 23.1 Å². The van der Waals surface area contributed by atoms with Crippen molar-refractivity contribution in [3.8, 4) is 17.2 Å². The van der Waals surface area contributed by atoms with E-state index in [1.807, 2.05) is 12.1 Å². The molecule has 1 aliphatic rings. The van der Waals surface area contributed by atoms with Gasteiger partial charge in [0.2, 0.25) is 16.8 Å². The molecule has 0 aliphatic carbocycles. The van der Waals surface area contributed by atoms with Gasteiger partial charge in [-0.2, -0.15) is 0 Å². The predicted molar refractivity (Wildman–Crippen MR) is 115 cm³/mol. The molecule has 2 heterocycles. The van der Waals surface area contributed by atoms with E-state index in [1.165, 1.54) is 7.11 Å². The van der Waals surface area contributed by atoms with E-state index < -0.39 is 15.3 Å². The molecule has 0 saturated carbocycles. The number of sulfonamides is 1. The normalized spacial score (nSPS) is 14.3. The van der Waals surface area contributed by atoms with Gasteiger partial charge in [-0.1, -0.05) is 30.0 Å². The molecule has 0 spiro atoms. The van der Waals surface area contributed by atoms with Crippen molar-refractivity contribution in [2.24, 2.45) is 5.14 Å². The largest absolute Gasteiger partial charge is 0.496 e. The second-order valence-electron chi connectivity index (χ2n) is 6.46. The predicted octanol–water partition coefficient (Wildman–Crippen LogP) is 3.94. The molecule has 0 radical (unpaired) electrons. The van der Waals surface area contributed by atoms with Crippen LogP contribution in [0.15, 0.2) is 40.7 Å². The lowest BCUT2D eigenvalue weighted by atomic mass is 10.1. The summed E-state index contributed by atoms with van der Waals surface area (Å²) in [7, 11) is -2.23. The van der Waals surface area contributed by atoms with E-state index in [-0.39, 0.29) is 6.79 Å². The number of fused-ring (bicyclic) bond motifs is 2. The Kier molecular flexibility index (Phi) is 5.86. The molecule has 3 aromatic rings. The third kappa shape index (κ3) is 4.45. The van der Waals surface area contributed by atoms with Crippen molar-refractivity contribution >= 4 is 43.3 Å². The number of methoxy groups -OCH3 is 1. The highest BCUT2D eigenvalue weighted by atomic mass is 32.2. The summed E-state index contributed by atoms with van der Waals surface area (Å²) in [5.41, 5.74) is 1.47. The Morgan fingerprint density at radius 1 is 1.28 bits per heavy atom. The summed E-state index contributed by atoms with van der Waals surface area (Å²) in [6, 6.07) is 10.9. The number of ether oxygens (including phenoxy) is 3. The molecule has 1 aromatic heterocycles. The van der Waals surface area contributed by atoms with Crippen LogP contribution in [0.25, 0.3) is 10.2 Å². The fourth-order valence-corrected chi connectivity index (χ4v) is 6.37. The van der Waals surface area contributed by atoms with E-state index in [1.54, 1.807) is 47.4 Å². The van der Waals surface area contributed by atoms with E-state index in [9.17, 15) is 8.42 Å². The first-order valence-corrected chi connectivity index (χ1v) is 12.3. The second kappa shape index (κ2) is 8.39. The SMILES string of the molecule is COc1ccccc1C(CCCSc1nc2cc3c(cc2s1)OCO3)S(N)(=O)=O. The number of hydrogen-bond acceptors (Lipinski definition) is 8. The van der Waals surface area contributed by atoms with Gasteiger partial charge in [0, 0.05) is 23.4 Å². The van der Waals surface area contributed by atoms with Gasteiger partial charge in [-0.25, -0.2) is 18.5 Å². The van der Waals surface area contributed by atoms with Crippen LogP contribution in [0.3, 0.4) is 0 Å². The average molecular weight is 453 g/mol. The number of para-hydroxylation sites is 1. The highest BCUT2D eigenvalue weighted by Gasteiger charge is 2.26. The van der Waals surface area contributed by atoms with Crippen molar-refractivity contribution < 1.29 is 22.6 Å². The van der Waals surface area contributed by atoms with Gasteiger partial charge in [-0.15, -0.1) is 11.3 Å². The average Bonchev–Trinajstić information content (AvgIpc) is 3.30. The second-order valence-corrected chi connectivity index (χ2v) is 10.6. The minimum atomic E-state index is -3.75. The number of hydrogen-bond donors (Lipinski definition) is 1. The van der Waals surface area contributed by atoms with Gasteiger partial charge in [0.15, 0.2) is 15.8 Å². The smallest absolute Gasteiger partial charge is 0.231 e. The molecule has 29 heavy (non-hydrogen) atoms. The van der Waals surface area contributed by atoms with E-state index in [0.29, 0.717) is 29.9 Å². The maximum absolute atomic E-state index is 12.2. The fourth-order valence-electron chi connectivity index (χ4n) is 3.22. The molecule has 10 heteroatoms. The van der Waals surface area contributed by atoms with Crippen LogP contribution in [0.2, 0.25) is 0 Å². The lowest BCUT2D eigenvalue weighted by Gasteiger charge is -2.17. The number of primary sulfonamides is 1. The van der Waals surface area contributed by atoms with E-state index in [2.05, 4.69) is 4.98 Å². The number of nitrogens with two attached hydrogens (primary N) is 1. The Balaban J connectivity index is 1.41. The van der Waals surface area contributed by atoms with E-state index >= 15 is 0 Å². The van der Waals surface area contributed by atoms with Crippen molar-refractivity contribution in [2.75, 3.05) is 19.7 Å². The summed E-state index contributed by atoms with van der Waals surface area (Å²) < 4.78 is 42.4. The van der Waals surface area contributed by atoms with Gasteiger partial charge in [0.05, 0.1) is 17.3 Å². The van der Waals surface area contributed by atoms with Crippen molar-refractivity contribution in [2.45, 2.75) is 22.4 Å². The number of thiazole rings is 1. The van der Waals surface area contributed by atoms with E-state index in [0.717, 1.165) is 26.1 Å². The number of nitrogens with zero attached hydrogens (tertiary/aromatic N) is 1. The van der Waals surface area contributed by atoms with E-state index in [4.69, 9.17) is 19.3 Å². The van der Waals surface area contributed by atoms with Crippen LogP contribution in [0.1, 0.15) is 23.7 Å². The van der Waals surface area contributed by atoms with Gasteiger partial charge in [0.1, 0.15) is 11.0 Å². The molecule has 0 saturated heterocycles. The summed E-state index contributed by atoms with van der Waals surface area (Å²) in [5.74, 6) is 2.72. The fraction of sp³-hybridized carbons (Fsp3) is 0.316. The first-order chi connectivity index (χ1) is 14.0. The lowest BCUT2D eigenvalue weighted by Crippen LogP contribution is -2.22. The van der Waals surface area contributed by atoms with Crippen LogP contribution in [-0.2, 0) is 10.0 Å². The topological polar surface area (TPSA) is 101 Å². The lowest BCUT2D eigenvalue weighted by molar-refractivity contribution is 0.174. The molecule has 154 valence electrons. The number of aromatic nitrogens is 1. The Bertz CT molecular complexity index is 1090. The first-order valence-electron chi connectivity index (χ1n) is 8.93. The Hall–Kier alpha value is -2.01. The molecule has 1 aliphatic heterocycles. The van der Waals surface area contributed by atoms with Crippen LogP contribution in [0.5, 0.6) is 17.2 Å². The molecule has 0 amide bonds. The molecular weight excluding hydrogens is 432 g/mol. The molecule has 1 unspecified atom stereocenters. The third-order valence-corrected chi connectivity index (χ3v) is 8.11. The third-order valence-electron chi connectivity index (χ3n) is 4.58. The highest BCUT2D eigenvalue weighted by Crippen LogP contribution is 2.40. The van der Waals surface area contributed by atoms with Crippen molar-refractivity contribution in [3.63, 3.8) is 0 Å². The summed E-state index contributed by atoms with van der Waals surface area (Å²) in [5, 5.41) is 4.70. The summed E-state index contributed by atoms with van der Waals surface area (Å²) in [6.07, 6.45) is 1.08. The minimum Gasteiger partial charge on any atom is -0.496 e. The monoisotopic (exact) mass is 452 g/mol. The molecule has 1 atom stereocenters. The molecule has 2 aromatic carbocycles. The zero-order valence-corrected chi connectivity index (χ0v) is 18.1. The molecular formula is C19H20N2O5S3. The van der Waals surface area contributed by atoms with Crippen molar-refractivity contribution in [1.82, 2.24) is 4.98 Å². The van der Waals surface area contributed by atoms with Crippen LogP contribution in [0.4, 0.5) is 0 Å². The molecule has 0 bridgehead atoms. The van der Waals surface area contributed by atoms with Crippen LogP contribution in [-0.4, -0.2) is 33.1 Å². The summed E-state index contributed by atoms with van der Waals surface area (Å²) in [6.45, 7) is 0.242. The number of thioether (sulfide) groups is 1. The first kappa shape index (κ1) is 20.3. The van der Waals surface area contributed by atoms with Crippen LogP contribution in [0, 0.1) is 0 Å². The summed E-state index contributed by atoms with van der Waals surface area (Å²) >= 11 is 3.18. The summed E-state index contributed by atoms with van der Waals surface area (Å²) in [4.78, 5) is 4.62.